The van der Waals surface area contributed by atoms with Crippen molar-refractivity contribution in [1.29, 1.82) is 0 Å². The van der Waals surface area contributed by atoms with E-state index in [-0.39, 0.29) is 25.9 Å². The number of carbonyl (C=O) groups excluding carboxylic acids is 3. The normalized spacial score (nSPS) is 18.4. The van der Waals surface area contributed by atoms with Crippen LogP contribution in [0, 0.1) is 0 Å². The van der Waals surface area contributed by atoms with Crippen molar-refractivity contribution < 1.29 is 58.2 Å². The standard InChI is InChI=1S/C71H114O12/c1-4-7-10-13-16-19-22-25-28-30-32-34-37-39-42-45-48-51-54-57-63(72)79-60-62(81-64(73)58-55-52-49-46-43-40-36-27-24-21-18-15-12-9-6-3)61-80-71-69(67(76)66(75)68(83-71)70(77)78)82-65(74)59-56-53-50-47-44-41-38-35-33-31-29-26-23-20-17-14-11-8-5-2/h7,10,16-21,25-29,32,34,36,39,42,48,51,62,66-69,71,75-76H,4-6,8-9,11-15,22-24,30-31,33,35,37-38,40-41,43-47,49-50,52-61H2,1-3H3,(H,77,78)/b10-7-,19-16-,20-17-,21-18-,28-25-,29-26-,34-32-,36-27-,42-39-,51-48-. The fourth-order valence-corrected chi connectivity index (χ4v) is 9.04. The molecule has 1 fully saturated rings. The molecular formula is C71H114O12. The number of unbranched alkanes of at least 4 members (excludes halogenated alkanes) is 20. The zero-order valence-corrected chi connectivity index (χ0v) is 51.9. The molecular weight excluding hydrogens is 1040 g/mol. The molecule has 1 aliphatic rings. The van der Waals surface area contributed by atoms with Gasteiger partial charge in [-0.15, -0.1) is 0 Å². The van der Waals surface area contributed by atoms with Crippen LogP contribution in [0.1, 0.15) is 252 Å². The quantitative estimate of drug-likeness (QED) is 0.0228. The number of carbonyl (C=O) groups is 4. The van der Waals surface area contributed by atoms with Gasteiger partial charge in [0.15, 0.2) is 24.6 Å². The first-order valence-corrected chi connectivity index (χ1v) is 32.5. The van der Waals surface area contributed by atoms with Crippen molar-refractivity contribution in [2.24, 2.45) is 0 Å². The molecule has 6 unspecified atom stereocenters. The maximum atomic E-state index is 13.2. The molecule has 1 heterocycles. The number of carboxylic acids is 1. The second-order valence-corrected chi connectivity index (χ2v) is 21.7. The lowest BCUT2D eigenvalue weighted by Crippen LogP contribution is -2.61. The van der Waals surface area contributed by atoms with Gasteiger partial charge in [-0.1, -0.05) is 232 Å². The number of allylic oxidation sites excluding steroid dienone is 20. The van der Waals surface area contributed by atoms with Crippen molar-refractivity contribution in [3.05, 3.63) is 122 Å². The third-order valence-electron chi connectivity index (χ3n) is 14.0. The molecule has 1 saturated heterocycles. The predicted molar refractivity (Wildman–Crippen MR) is 340 cm³/mol. The van der Waals surface area contributed by atoms with Gasteiger partial charge < -0.3 is 39.0 Å². The van der Waals surface area contributed by atoms with Crippen LogP contribution in [0.5, 0.6) is 0 Å². The van der Waals surface area contributed by atoms with Crippen molar-refractivity contribution in [3.8, 4) is 0 Å². The van der Waals surface area contributed by atoms with Gasteiger partial charge in [0.05, 0.1) is 6.61 Å². The Morgan fingerprint density at radius 2 is 0.783 bits per heavy atom. The molecule has 0 aromatic rings. The minimum atomic E-state index is -1.92. The summed E-state index contributed by atoms with van der Waals surface area (Å²) in [6.45, 7) is 5.76. The van der Waals surface area contributed by atoms with Crippen LogP contribution in [0.15, 0.2) is 122 Å². The van der Waals surface area contributed by atoms with Crippen LogP contribution in [0.2, 0.25) is 0 Å². The number of carboxylic acid groups (broad SMARTS) is 1. The molecule has 1 rings (SSSR count). The molecule has 0 aliphatic carbocycles. The molecule has 0 amide bonds. The summed E-state index contributed by atoms with van der Waals surface area (Å²) in [6, 6.07) is 0. The number of hydrogen-bond acceptors (Lipinski definition) is 11. The molecule has 0 aromatic carbocycles. The van der Waals surface area contributed by atoms with Crippen molar-refractivity contribution in [3.63, 3.8) is 0 Å². The topological polar surface area (TPSA) is 175 Å². The van der Waals surface area contributed by atoms with Crippen LogP contribution in [0.4, 0.5) is 0 Å². The highest BCUT2D eigenvalue weighted by molar-refractivity contribution is 5.74. The van der Waals surface area contributed by atoms with Gasteiger partial charge in [-0.2, -0.15) is 0 Å². The van der Waals surface area contributed by atoms with E-state index in [4.69, 9.17) is 23.7 Å². The van der Waals surface area contributed by atoms with Gasteiger partial charge in [-0.25, -0.2) is 4.79 Å². The molecule has 0 bridgehead atoms. The van der Waals surface area contributed by atoms with Gasteiger partial charge in [-0.05, 0) is 122 Å². The van der Waals surface area contributed by atoms with Crippen LogP contribution in [-0.2, 0) is 42.9 Å². The molecule has 83 heavy (non-hydrogen) atoms. The van der Waals surface area contributed by atoms with Crippen LogP contribution in [0.3, 0.4) is 0 Å². The van der Waals surface area contributed by atoms with Gasteiger partial charge in [0.25, 0.3) is 0 Å². The summed E-state index contributed by atoms with van der Waals surface area (Å²) < 4.78 is 28.4. The van der Waals surface area contributed by atoms with Crippen molar-refractivity contribution in [2.75, 3.05) is 13.2 Å². The Kier molecular flexibility index (Phi) is 52.8. The largest absolute Gasteiger partial charge is 0.479 e. The van der Waals surface area contributed by atoms with Crippen molar-refractivity contribution >= 4 is 23.9 Å². The molecule has 12 heteroatoms. The van der Waals surface area contributed by atoms with E-state index in [0.717, 1.165) is 122 Å². The summed E-state index contributed by atoms with van der Waals surface area (Å²) in [7, 11) is 0. The highest BCUT2D eigenvalue weighted by Crippen LogP contribution is 2.26. The molecule has 0 aromatic heterocycles. The van der Waals surface area contributed by atoms with Crippen molar-refractivity contribution in [1.82, 2.24) is 0 Å². The Hall–Kier alpha value is -4.88. The number of hydrogen-bond donors (Lipinski definition) is 3. The first-order chi connectivity index (χ1) is 40.6. The van der Waals surface area contributed by atoms with Crippen LogP contribution >= 0.6 is 0 Å². The summed E-state index contributed by atoms with van der Waals surface area (Å²) in [5, 5.41) is 31.6. The Balaban J connectivity index is 2.71. The zero-order chi connectivity index (χ0) is 60.3. The Morgan fingerprint density at radius 3 is 1.20 bits per heavy atom. The monoisotopic (exact) mass is 1160 g/mol. The fourth-order valence-electron chi connectivity index (χ4n) is 9.04. The minimum absolute atomic E-state index is 0.0412. The Labute approximate surface area is 503 Å². The SMILES string of the molecule is CC/C=C\C/C=C\C/C=C\C/C=C\C/C=C\C/C=C\CCC(=O)OCC(COC1OC(C(=O)O)C(O)C(O)C1OC(=O)CCCCCCCCCCC/C=C\C/C=C\CCCCC)OC(=O)CCCCCCC/C=C\C/C=C\CCCCC. The van der Waals surface area contributed by atoms with E-state index in [1.165, 1.54) is 70.6 Å². The predicted octanol–water partition coefficient (Wildman–Crippen LogP) is 17.6. The summed E-state index contributed by atoms with van der Waals surface area (Å²) in [6.07, 6.45) is 67.3. The second kappa shape index (κ2) is 57.5. The van der Waals surface area contributed by atoms with E-state index in [1.807, 2.05) is 12.2 Å². The van der Waals surface area contributed by atoms with Gasteiger partial charge in [0.2, 0.25) is 0 Å². The van der Waals surface area contributed by atoms with E-state index in [1.54, 1.807) is 0 Å². The summed E-state index contributed by atoms with van der Waals surface area (Å²) in [5.41, 5.74) is 0. The number of ether oxygens (including phenoxy) is 5. The molecule has 3 N–H and O–H groups in total. The first-order valence-electron chi connectivity index (χ1n) is 32.5. The molecule has 0 radical (unpaired) electrons. The Bertz CT molecular complexity index is 1900. The van der Waals surface area contributed by atoms with E-state index in [9.17, 15) is 34.5 Å². The number of aliphatic carboxylic acids is 1. The third kappa shape index (κ3) is 47.1. The van der Waals surface area contributed by atoms with E-state index >= 15 is 0 Å². The van der Waals surface area contributed by atoms with Gasteiger partial charge >= 0.3 is 23.9 Å². The smallest absolute Gasteiger partial charge is 0.335 e. The maximum Gasteiger partial charge on any atom is 0.335 e. The number of rotatable bonds is 54. The lowest BCUT2D eigenvalue weighted by molar-refractivity contribution is -0.301. The third-order valence-corrected chi connectivity index (χ3v) is 14.0. The van der Waals surface area contributed by atoms with Crippen LogP contribution < -0.4 is 0 Å². The van der Waals surface area contributed by atoms with E-state index in [0.29, 0.717) is 19.3 Å². The molecule has 1 aliphatic heterocycles. The van der Waals surface area contributed by atoms with Crippen LogP contribution in [-0.4, -0.2) is 89.2 Å². The second-order valence-electron chi connectivity index (χ2n) is 21.7. The van der Waals surface area contributed by atoms with Gasteiger partial charge in [0, 0.05) is 19.3 Å². The number of esters is 3. The fraction of sp³-hybridized carbons (Fsp3) is 0.662. The molecule has 12 nitrogen and oxygen atoms in total. The molecule has 0 saturated carbocycles. The highest BCUT2D eigenvalue weighted by atomic mass is 16.7. The number of aliphatic hydroxyl groups is 2. The van der Waals surface area contributed by atoms with Crippen molar-refractivity contribution in [2.45, 2.75) is 289 Å². The molecule has 0 spiro atoms. The van der Waals surface area contributed by atoms with E-state index < -0.39 is 67.3 Å². The van der Waals surface area contributed by atoms with Gasteiger partial charge in [0.1, 0.15) is 18.8 Å². The Morgan fingerprint density at radius 1 is 0.410 bits per heavy atom. The molecule has 6 atom stereocenters. The summed E-state index contributed by atoms with van der Waals surface area (Å²) in [5.74, 6) is -3.26. The molecule has 470 valence electrons. The summed E-state index contributed by atoms with van der Waals surface area (Å²) >= 11 is 0. The number of aliphatic hydroxyl groups excluding tert-OH is 2. The average molecular weight is 1160 g/mol. The maximum absolute atomic E-state index is 13.2. The average Bonchev–Trinajstić information content (AvgIpc) is 3.57. The van der Waals surface area contributed by atoms with E-state index in [2.05, 4.69) is 130 Å². The lowest BCUT2D eigenvalue weighted by atomic mass is 9.98. The zero-order valence-electron chi connectivity index (χ0n) is 51.9. The first kappa shape index (κ1) is 76.1. The van der Waals surface area contributed by atoms with Crippen LogP contribution in [0.25, 0.3) is 0 Å². The van der Waals surface area contributed by atoms with Gasteiger partial charge in [-0.3, -0.25) is 14.4 Å². The lowest BCUT2D eigenvalue weighted by Gasteiger charge is -2.40. The highest BCUT2D eigenvalue weighted by Gasteiger charge is 2.50. The summed E-state index contributed by atoms with van der Waals surface area (Å²) in [4.78, 5) is 51.3. The minimum Gasteiger partial charge on any atom is -0.479 e.